The van der Waals surface area contributed by atoms with E-state index in [1.165, 1.54) is 0 Å². The molecule has 0 heterocycles. The highest BCUT2D eigenvalue weighted by molar-refractivity contribution is 8.48. The van der Waals surface area contributed by atoms with Crippen molar-refractivity contribution >= 4 is 20.4 Å². The number of hydrogen-bond donors (Lipinski definition) is 0. The third kappa shape index (κ3) is 7.67. The van der Waals surface area contributed by atoms with Crippen LogP contribution in [0.1, 0.15) is 37.8 Å². The lowest BCUT2D eigenvalue weighted by atomic mass is 10.0. The second-order valence-electron chi connectivity index (χ2n) is 6.64. The highest BCUT2D eigenvalue weighted by atomic mass is 32.5. The summed E-state index contributed by atoms with van der Waals surface area (Å²) in [5, 5.41) is 0. The van der Waals surface area contributed by atoms with Gasteiger partial charge < -0.3 is 0 Å². The predicted octanol–water partition coefficient (Wildman–Crippen LogP) is 10.6. The highest BCUT2D eigenvalue weighted by Gasteiger charge is 2.76. The third-order valence-electron chi connectivity index (χ3n) is 3.73. The first-order chi connectivity index (χ1) is 12.8. The summed E-state index contributed by atoms with van der Waals surface area (Å²) in [7, 11) is -22.6. The van der Waals surface area contributed by atoms with E-state index in [1.807, 2.05) is 0 Å². The molecule has 0 saturated carbocycles. The van der Waals surface area contributed by atoms with Crippen LogP contribution < -0.4 is 0 Å². The smallest absolute Gasteiger partial charge is 0.212 e. The third-order valence-corrected chi connectivity index (χ3v) is 6.33. The van der Waals surface area contributed by atoms with Crippen molar-refractivity contribution in [3.8, 4) is 0 Å². The molecular formula is C16H18F12S2. The Labute approximate surface area is 165 Å². The van der Waals surface area contributed by atoms with E-state index in [1.54, 1.807) is 0 Å². The largest absolute Gasteiger partial charge is 0.312 e. The zero-order chi connectivity index (χ0) is 23.9. The summed E-state index contributed by atoms with van der Waals surface area (Å²) in [4.78, 5) is -7.45. The first-order valence-electron chi connectivity index (χ1n) is 8.09. The Kier molecular flexibility index (Phi) is 5.79. The minimum absolute atomic E-state index is 0.225. The first kappa shape index (κ1) is 26.6. The van der Waals surface area contributed by atoms with Gasteiger partial charge in [-0.15, -0.1) is 0 Å². The summed E-state index contributed by atoms with van der Waals surface area (Å²) in [5.74, 6) is -1.91. The Morgan fingerprint density at radius 2 is 0.900 bits per heavy atom. The van der Waals surface area contributed by atoms with E-state index in [0.717, 1.165) is 13.8 Å². The molecule has 0 aromatic heterocycles. The Bertz CT molecular complexity index is 809. The summed E-state index contributed by atoms with van der Waals surface area (Å²) in [6, 6.07) is 0.450. The monoisotopic (exact) mass is 502 g/mol. The lowest BCUT2D eigenvalue weighted by Gasteiger charge is -2.49. The van der Waals surface area contributed by atoms with Crippen molar-refractivity contribution in [1.82, 2.24) is 0 Å². The fraction of sp³-hybridized carbons (Fsp3) is 0.375. The molecule has 0 bridgehead atoms. The normalized spacial score (nSPS) is 19.0. The summed E-state index contributed by atoms with van der Waals surface area (Å²) >= 11 is 0. The van der Waals surface area contributed by atoms with Crippen LogP contribution in [0.15, 0.2) is 45.7 Å². The van der Waals surface area contributed by atoms with Gasteiger partial charge in [-0.2, -0.15) is 0 Å². The molecule has 0 aliphatic heterocycles. The van der Waals surface area contributed by atoms with Crippen LogP contribution in [0.25, 0.3) is 0 Å². The van der Waals surface area contributed by atoms with Crippen LogP contribution in [0.5, 0.6) is 0 Å². The molecule has 0 fully saturated rings. The summed E-state index contributed by atoms with van der Waals surface area (Å²) in [5.41, 5.74) is -3.48. The number of aryl methyl sites for hydroxylation is 2. The van der Waals surface area contributed by atoms with Crippen molar-refractivity contribution in [3.63, 3.8) is 0 Å². The highest BCUT2D eigenvalue weighted by Crippen LogP contribution is 3.10. The topological polar surface area (TPSA) is 0 Å². The maximum Gasteiger partial charge on any atom is 0.312 e. The average molecular weight is 502 g/mol. The van der Waals surface area contributed by atoms with Crippen molar-refractivity contribution < 1.29 is 47.6 Å². The number of hydrogen-bond acceptors (Lipinski definition) is 0. The number of rotatable bonds is 8. The van der Waals surface area contributed by atoms with Crippen molar-refractivity contribution in [3.05, 3.63) is 47.1 Å². The average Bonchev–Trinajstić information content (AvgIpc) is 2.42. The number of allylic oxidation sites excluding steroid dienone is 4. The molecule has 30 heavy (non-hydrogen) atoms. The van der Waals surface area contributed by atoms with Crippen LogP contribution in [-0.2, 0) is 12.8 Å². The van der Waals surface area contributed by atoms with Gasteiger partial charge >= 0.3 is 20.4 Å². The molecule has 0 spiro atoms. The van der Waals surface area contributed by atoms with Crippen LogP contribution in [0, 0.1) is 0 Å². The van der Waals surface area contributed by atoms with E-state index in [-0.39, 0.29) is 12.1 Å². The molecule has 1 aromatic rings. The van der Waals surface area contributed by atoms with Gasteiger partial charge in [0.1, 0.15) is 9.79 Å². The van der Waals surface area contributed by atoms with Gasteiger partial charge in [0.05, 0.1) is 11.7 Å². The molecular weight excluding hydrogens is 484 g/mol. The number of halogens is 12. The van der Waals surface area contributed by atoms with Crippen molar-refractivity contribution in [2.45, 2.75) is 49.3 Å². The van der Waals surface area contributed by atoms with E-state index < -0.39 is 78.7 Å². The molecule has 0 unspecified atom stereocenters. The molecule has 0 nitrogen and oxygen atoms in total. The minimum Gasteiger partial charge on any atom is -0.212 e. The molecule has 0 radical (unpaired) electrons. The Balaban J connectivity index is 4.01. The van der Waals surface area contributed by atoms with E-state index in [4.69, 9.17) is 0 Å². The molecule has 0 aliphatic carbocycles. The maximum atomic E-state index is 13.6. The van der Waals surface area contributed by atoms with Crippen LogP contribution in [0.4, 0.5) is 47.6 Å². The fourth-order valence-electron chi connectivity index (χ4n) is 2.74. The van der Waals surface area contributed by atoms with Gasteiger partial charge in [0.25, 0.3) is 0 Å². The first-order valence-corrected chi connectivity index (χ1v) is 12.0. The van der Waals surface area contributed by atoms with E-state index in [2.05, 4.69) is 0 Å². The molecule has 0 saturated heterocycles. The summed E-state index contributed by atoms with van der Waals surface area (Å²) < 4.78 is 161. The van der Waals surface area contributed by atoms with Crippen molar-refractivity contribution in [2.75, 3.05) is 0 Å². The van der Waals surface area contributed by atoms with Gasteiger partial charge in [-0.25, -0.2) is 8.78 Å². The molecule has 178 valence electrons. The zero-order valence-electron chi connectivity index (χ0n) is 15.5. The maximum absolute atomic E-state index is 13.6. The number of benzene rings is 1. The standard InChI is InChI=1S/C16H18F12S2/c1-11(17)5-3-7-13-9-10-14(8-4-6-12(2)18)16(30(24,25,26,27)28)15(13)29(19,20,21,22)23/h5-6,9-10H,3-4,7-8H2,1-2H3/b11-5-,12-6-. The van der Waals surface area contributed by atoms with E-state index >= 15 is 0 Å². The fourth-order valence-corrected chi connectivity index (χ4v) is 5.98. The Hall–Kier alpha value is -1.44. The molecule has 14 heteroatoms. The molecule has 1 aromatic carbocycles. The van der Waals surface area contributed by atoms with Gasteiger partial charge in [0, 0.05) is 0 Å². The summed E-state index contributed by atoms with van der Waals surface area (Å²) in [6.45, 7) is 1.68. The quantitative estimate of drug-likeness (QED) is 0.310. The van der Waals surface area contributed by atoms with Gasteiger partial charge in [-0.1, -0.05) is 63.1 Å². The van der Waals surface area contributed by atoms with Crippen molar-refractivity contribution in [1.29, 1.82) is 0 Å². The molecule has 0 atom stereocenters. The molecule has 0 aliphatic rings. The van der Waals surface area contributed by atoms with E-state index in [0.29, 0.717) is 12.2 Å². The lowest BCUT2D eigenvalue weighted by molar-refractivity contribution is 0.333. The van der Waals surface area contributed by atoms with Gasteiger partial charge in [0.2, 0.25) is 0 Å². The Morgan fingerprint density at radius 1 is 0.633 bits per heavy atom. The van der Waals surface area contributed by atoms with Gasteiger partial charge in [-0.05, 0) is 50.7 Å². The lowest BCUT2D eigenvalue weighted by Crippen LogP contribution is -2.20. The van der Waals surface area contributed by atoms with Gasteiger partial charge in [0.15, 0.2) is 0 Å². The molecule has 1 rings (SSSR count). The molecule has 0 N–H and O–H groups in total. The zero-order valence-corrected chi connectivity index (χ0v) is 17.1. The second kappa shape index (κ2) is 6.53. The van der Waals surface area contributed by atoms with Crippen LogP contribution in [-0.4, -0.2) is 0 Å². The van der Waals surface area contributed by atoms with Crippen LogP contribution in [0.2, 0.25) is 0 Å². The predicted molar refractivity (Wildman–Crippen MR) is 95.6 cm³/mol. The SMILES string of the molecule is C/C(F)=C/CCc1ccc(CC/C=C(/C)F)c(S(F)(F)(F)(F)F)c1S(F)(F)(F)(F)F. The molecule has 0 amide bonds. The van der Waals surface area contributed by atoms with Crippen LogP contribution >= 0.6 is 20.4 Å². The van der Waals surface area contributed by atoms with Gasteiger partial charge in [-0.3, -0.25) is 0 Å². The van der Waals surface area contributed by atoms with Crippen molar-refractivity contribution in [2.24, 2.45) is 0 Å². The second-order valence-corrected chi connectivity index (χ2v) is 11.3. The minimum atomic E-state index is -11.3. The van der Waals surface area contributed by atoms with E-state index in [9.17, 15) is 47.6 Å². The summed E-state index contributed by atoms with van der Waals surface area (Å²) in [6.07, 6.45) is -2.67. The Morgan fingerprint density at radius 3 is 1.10 bits per heavy atom. The van der Waals surface area contributed by atoms with Crippen LogP contribution in [0.3, 0.4) is 0 Å².